The summed E-state index contributed by atoms with van der Waals surface area (Å²) >= 11 is 13.2. The van der Waals surface area contributed by atoms with Gasteiger partial charge < -0.3 is 0 Å². The molecule has 0 fully saturated rings. The van der Waals surface area contributed by atoms with Gasteiger partial charge in [-0.05, 0) is 79.8 Å². The van der Waals surface area contributed by atoms with E-state index in [9.17, 15) is 9.59 Å². The molecule has 1 aliphatic rings. The van der Waals surface area contributed by atoms with Crippen LogP contribution in [0.25, 0.3) is 19.5 Å². The van der Waals surface area contributed by atoms with Crippen LogP contribution in [0, 0.1) is 11.8 Å². The van der Waals surface area contributed by atoms with Gasteiger partial charge in [0.1, 0.15) is 0 Å². The fourth-order valence-electron chi connectivity index (χ4n) is 9.14. The average Bonchev–Trinajstić information content (AvgIpc) is 3.93. The van der Waals surface area contributed by atoms with E-state index >= 15 is 0 Å². The van der Waals surface area contributed by atoms with Gasteiger partial charge in [-0.25, -0.2) is 0 Å². The van der Waals surface area contributed by atoms with Crippen molar-refractivity contribution in [3.63, 3.8) is 0 Å². The van der Waals surface area contributed by atoms with Gasteiger partial charge in [0.15, 0.2) is 11.6 Å². The molecule has 7 heteroatoms. The molecule has 0 saturated heterocycles. The lowest BCUT2D eigenvalue weighted by molar-refractivity contribution is 0.0981. The Morgan fingerprint density at radius 3 is 1.14 bits per heavy atom. The SMILES string of the molecule is CCCCCCCCC(CCCCCC)Cc1cc(-c2sc(-c3cc(CC(CCCCCC)CCCCCCCC)c(Br)s3)c3c2C(=O)c2ccccc2C3=O)sc1Br. The van der Waals surface area contributed by atoms with Crippen LogP contribution in [-0.2, 0) is 12.8 Å². The number of benzene rings is 1. The van der Waals surface area contributed by atoms with E-state index < -0.39 is 0 Å². The molecule has 5 rings (SSSR count). The van der Waals surface area contributed by atoms with E-state index in [2.05, 4.69) is 71.7 Å². The number of thiophene rings is 3. The smallest absolute Gasteiger partial charge is 0.196 e. The second-order valence-electron chi connectivity index (χ2n) is 17.5. The van der Waals surface area contributed by atoms with Gasteiger partial charge in [0.25, 0.3) is 0 Å². The highest BCUT2D eigenvalue weighted by Crippen LogP contribution is 2.52. The third kappa shape index (κ3) is 14.1. The summed E-state index contributed by atoms with van der Waals surface area (Å²) < 4.78 is 2.34. The van der Waals surface area contributed by atoms with Gasteiger partial charge in [-0.1, -0.05) is 206 Å². The first-order valence-corrected chi connectivity index (χ1v) is 27.8. The molecule has 0 aliphatic heterocycles. The minimum absolute atomic E-state index is 0.0161. The first-order chi connectivity index (χ1) is 28.8. The topological polar surface area (TPSA) is 34.1 Å². The van der Waals surface area contributed by atoms with Gasteiger partial charge in [0.05, 0.1) is 28.5 Å². The number of carbonyl (C=O) groups excluding carboxylic acids is 2. The quantitative estimate of drug-likeness (QED) is 0.0430. The zero-order valence-electron chi connectivity index (χ0n) is 36.8. The van der Waals surface area contributed by atoms with Gasteiger partial charge in [-0.3, -0.25) is 9.59 Å². The zero-order chi connectivity index (χ0) is 42.0. The number of halogens is 2. The molecular weight excluding hydrogens is 913 g/mol. The normalized spacial score (nSPS) is 13.6. The lowest BCUT2D eigenvalue weighted by atomic mass is 9.83. The molecule has 2 unspecified atom stereocenters. The van der Waals surface area contributed by atoms with Crippen LogP contribution in [0.3, 0.4) is 0 Å². The molecule has 0 spiro atoms. The van der Waals surface area contributed by atoms with E-state index in [-0.39, 0.29) is 11.6 Å². The molecule has 59 heavy (non-hydrogen) atoms. The second-order valence-corrected chi connectivity index (χ2v) is 23.2. The Morgan fingerprint density at radius 1 is 0.458 bits per heavy atom. The van der Waals surface area contributed by atoms with E-state index in [0.29, 0.717) is 34.1 Å². The summed E-state index contributed by atoms with van der Waals surface area (Å²) in [4.78, 5) is 33.2. The first-order valence-electron chi connectivity index (χ1n) is 23.7. The fraction of sp³-hybridized carbons (Fsp3) is 0.615. The zero-order valence-corrected chi connectivity index (χ0v) is 42.4. The van der Waals surface area contributed by atoms with E-state index in [1.165, 1.54) is 173 Å². The largest absolute Gasteiger partial charge is 0.289 e. The van der Waals surface area contributed by atoms with Crippen LogP contribution in [0.4, 0.5) is 0 Å². The molecule has 3 heterocycles. The van der Waals surface area contributed by atoms with Crippen LogP contribution in [0.5, 0.6) is 0 Å². The van der Waals surface area contributed by atoms with Crippen molar-refractivity contribution < 1.29 is 9.59 Å². The van der Waals surface area contributed by atoms with E-state index in [1.54, 1.807) is 34.0 Å². The third-order valence-electron chi connectivity index (χ3n) is 12.6. The molecule has 0 radical (unpaired) electrons. The molecule has 0 amide bonds. The van der Waals surface area contributed by atoms with Gasteiger partial charge in [-0.2, -0.15) is 0 Å². The number of carbonyl (C=O) groups is 2. The van der Waals surface area contributed by atoms with E-state index in [4.69, 9.17) is 0 Å². The summed E-state index contributed by atoms with van der Waals surface area (Å²) in [7, 11) is 0. The summed E-state index contributed by atoms with van der Waals surface area (Å²) in [6, 6.07) is 12.2. The summed E-state index contributed by atoms with van der Waals surface area (Å²) in [5, 5.41) is 0. The van der Waals surface area contributed by atoms with Crippen molar-refractivity contribution in [1.82, 2.24) is 0 Å². The Balaban J connectivity index is 1.44. The summed E-state index contributed by atoms with van der Waals surface area (Å²) in [6.45, 7) is 9.17. The lowest BCUT2D eigenvalue weighted by Crippen LogP contribution is -2.20. The minimum atomic E-state index is -0.0161. The highest BCUT2D eigenvalue weighted by molar-refractivity contribution is 9.11. The van der Waals surface area contributed by atoms with Gasteiger partial charge in [0, 0.05) is 20.9 Å². The predicted molar refractivity (Wildman–Crippen MR) is 268 cm³/mol. The molecule has 0 saturated carbocycles. The van der Waals surface area contributed by atoms with Crippen molar-refractivity contribution in [2.45, 2.75) is 195 Å². The summed E-state index contributed by atoms with van der Waals surface area (Å²) in [6.07, 6.45) is 33.7. The summed E-state index contributed by atoms with van der Waals surface area (Å²) in [5.74, 6) is 1.30. The van der Waals surface area contributed by atoms with Crippen molar-refractivity contribution in [2.75, 3.05) is 0 Å². The number of hydrogen-bond donors (Lipinski definition) is 0. The van der Waals surface area contributed by atoms with Crippen molar-refractivity contribution >= 4 is 77.4 Å². The Bertz CT molecular complexity index is 1750. The standard InChI is InChI=1S/C52H72Br2O2S3/c1-5-9-13-17-19-23-29-37(27-21-15-11-7-3)33-39-35-43(57-51(39)53)49-45-46(48(56)42-32-26-25-31-41(42)47(45)55)50(59-49)44-36-40(52(54)58-44)34-38(28-22-16-12-8-4)30-24-20-18-14-10-6-2/h25-26,31-32,35-38H,5-24,27-30,33-34H2,1-4H3. The molecule has 324 valence electrons. The highest BCUT2D eigenvalue weighted by Gasteiger charge is 2.38. The second kappa shape index (κ2) is 26.3. The maximum Gasteiger partial charge on any atom is 0.196 e. The van der Waals surface area contributed by atoms with Crippen LogP contribution in [-0.4, -0.2) is 11.6 Å². The highest BCUT2D eigenvalue weighted by atomic mass is 79.9. The van der Waals surface area contributed by atoms with Crippen LogP contribution in [0.2, 0.25) is 0 Å². The van der Waals surface area contributed by atoms with Crippen LogP contribution < -0.4 is 0 Å². The maximum atomic E-state index is 14.5. The molecule has 0 N–H and O–H groups in total. The van der Waals surface area contributed by atoms with Crippen molar-refractivity contribution in [1.29, 1.82) is 0 Å². The van der Waals surface area contributed by atoms with Crippen molar-refractivity contribution in [3.8, 4) is 19.5 Å². The van der Waals surface area contributed by atoms with Gasteiger partial charge in [0.2, 0.25) is 0 Å². The molecule has 2 nitrogen and oxygen atoms in total. The molecule has 3 aromatic heterocycles. The van der Waals surface area contributed by atoms with Crippen molar-refractivity contribution in [3.05, 3.63) is 77.4 Å². The Hall–Kier alpha value is -1.38. The number of rotatable bonds is 30. The van der Waals surface area contributed by atoms with E-state index in [1.807, 2.05) is 24.3 Å². The minimum Gasteiger partial charge on any atom is -0.289 e. The van der Waals surface area contributed by atoms with Gasteiger partial charge in [-0.15, -0.1) is 34.0 Å². The van der Waals surface area contributed by atoms with Crippen LogP contribution >= 0.6 is 65.9 Å². The third-order valence-corrected chi connectivity index (χ3v) is 18.1. The first kappa shape index (κ1) is 48.6. The fourth-order valence-corrected chi connectivity index (χ4v) is 14.1. The molecule has 4 aromatic rings. The number of fused-ring (bicyclic) bond motifs is 2. The number of unbranched alkanes of at least 4 members (excludes halogenated alkanes) is 16. The van der Waals surface area contributed by atoms with Crippen LogP contribution in [0.15, 0.2) is 44.0 Å². The number of hydrogen-bond acceptors (Lipinski definition) is 5. The molecule has 2 atom stereocenters. The maximum absolute atomic E-state index is 14.5. The lowest BCUT2D eigenvalue weighted by Gasteiger charge is -2.17. The molecule has 1 aliphatic carbocycles. The van der Waals surface area contributed by atoms with Crippen molar-refractivity contribution in [2.24, 2.45) is 11.8 Å². The average molecular weight is 985 g/mol. The predicted octanol–water partition coefficient (Wildman–Crippen LogP) is 19.3. The molecule has 1 aromatic carbocycles. The molecular formula is C52H72Br2O2S3. The number of ketones is 2. The Morgan fingerprint density at radius 2 is 0.780 bits per heavy atom. The van der Waals surface area contributed by atoms with Crippen LogP contribution in [0.1, 0.15) is 225 Å². The van der Waals surface area contributed by atoms with Gasteiger partial charge >= 0.3 is 0 Å². The Labute approximate surface area is 387 Å². The molecule has 0 bridgehead atoms. The summed E-state index contributed by atoms with van der Waals surface area (Å²) in [5.41, 5.74) is 5.00. The monoisotopic (exact) mass is 982 g/mol. The van der Waals surface area contributed by atoms with E-state index in [0.717, 1.165) is 32.4 Å². The Kier molecular flexibility index (Phi) is 21.7.